The van der Waals surface area contributed by atoms with Crippen LogP contribution in [0.3, 0.4) is 0 Å². The number of carbonyl (C=O) groups is 2. The fraction of sp³-hybridized carbons (Fsp3) is 0.318. The highest BCUT2D eigenvalue weighted by Gasteiger charge is 2.14. The van der Waals surface area contributed by atoms with Crippen molar-refractivity contribution in [3.63, 3.8) is 0 Å². The van der Waals surface area contributed by atoms with Gasteiger partial charge >= 0.3 is 0 Å². The van der Waals surface area contributed by atoms with E-state index in [2.05, 4.69) is 22.9 Å². The van der Waals surface area contributed by atoms with Crippen LogP contribution in [0.25, 0.3) is 0 Å². The molecule has 29 heavy (non-hydrogen) atoms. The number of hydrogen-bond acceptors (Lipinski definition) is 4. The summed E-state index contributed by atoms with van der Waals surface area (Å²) in [6.45, 7) is 2.73. The largest absolute Gasteiger partial charge is 0.493 e. The van der Waals surface area contributed by atoms with Crippen LogP contribution in [0.4, 0.5) is 5.69 Å². The topological polar surface area (TPSA) is 79.5 Å². The van der Waals surface area contributed by atoms with Gasteiger partial charge in [-0.15, -0.1) is 0 Å². The second kappa shape index (κ2) is 11.8. The molecule has 0 aliphatic rings. The van der Waals surface area contributed by atoms with Gasteiger partial charge in [0.1, 0.15) is 5.75 Å². The summed E-state index contributed by atoms with van der Waals surface area (Å²) >= 11 is 5.23. The third-order valence-corrected chi connectivity index (χ3v) is 4.45. The number of benzene rings is 2. The molecule has 0 radical (unpaired) electrons. The third-order valence-electron chi connectivity index (χ3n) is 4.25. The van der Waals surface area contributed by atoms with Gasteiger partial charge in [-0.1, -0.05) is 38.3 Å². The lowest BCUT2D eigenvalue weighted by atomic mass is 10.2. The molecule has 2 aromatic carbocycles. The number of thiocarbonyl (C=S) groups is 1. The Labute approximate surface area is 177 Å². The Morgan fingerprint density at radius 1 is 0.966 bits per heavy atom. The SMILES string of the molecule is CCCCCCOc1ccccc1C(=O)NC(=S)Nc1ccc(C(=O)NC)cc1. The fourth-order valence-electron chi connectivity index (χ4n) is 2.67. The van der Waals surface area contributed by atoms with Crippen molar-refractivity contribution >= 4 is 34.8 Å². The zero-order valence-electron chi connectivity index (χ0n) is 16.8. The summed E-state index contributed by atoms with van der Waals surface area (Å²) in [5.74, 6) is 0.0339. The maximum absolute atomic E-state index is 12.6. The number of carbonyl (C=O) groups excluding carboxylic acids is 2. The molecule has 2 rings (SSSR count). The van der Waals surface area contributed by atoms with Gasteiger partial charge in [-0.25, -0.2) is 0 Å². The molecule has 7 heteroatoms. The first-order valence-electron chi connectivity index (χ1n) is 9.71. The predicted molar refractivity (Wildman–Crippen MR) is 120 cm³/mol. The van der Waals surface area contributed by atoms with Crippen LogP contribution >= 0.6 is 12.2 Å². The summed E-state index contributed by atoms with van der Waals surface area (Å²) in [4.78, 5) is 24.2. The minimum Gasteiger partial charge on any atom is -0.493 e. The number of anilines is 1. The van der Waals surface area contributed by atoms with E-state index in [1.165, 1.54) is 6.42 Å². The lowest BCUT2D eigenvalue weighted by Gasteiger charge is -2.13. The van der Waals surface area contributed by atoms with E-state index in [4.69, 9.17) is 17.0 Å². The van der Waals surface area contributed by atoms with E-state index in [0.717, 1.165) is 19.3 Å². The molecule has 2 aromatic rings. The van der Waals surface area contributed by atoms with E-state index in [0.29, 0.717) is 29.2 Å². The normalized spacial score (nSPS) is 10.1. The van der Waals surface area contributed by atoms with Crippen molar-refractivity contribution in [2.24, 2.45) is 0 Å². The first kappa shape index (κ1) is 22.4. The second-order valence-corrected chi connectivity index (χ2v) is 6.88. The van der Waals surface area contributed by atoms with Gasteiger partial charge in [0.15, 0.2) is 5.11 Å². The van der Waals surface area contributed by atoms with Crippen LogP contribution in [0.2, 0.25) is 0 Å². The molecular weight excluding hydrogens is 386 g/mol. The number of nitrogens with one attached hydrogen (secondary N) is 3. The van der Waals surface area contributed by atoms with Gasteiger partial charge < -0.3 is 15.4 Å². The average molecular weight is 414 g/mol. The van der Waals surface area contributed by atoms with E-state index in [1.54, 1.807) is 49.5 Å². The summed E-state index contributed by atoms with van der Waals surface area (Å²) in [6, 6.07) is 13.9. The summed E-state index contributed by atoms with van der Waals surface area (Å²) in [5.41, 5.74) is 1.64. The Hall–Kier alpha value is -2.93. The van der Waals surface area contributed by atoms with Gasteiger partial charge in [-0.05, 0) is 55.0 Å². The molecule has 2 amide bonds. The van der Waals surface area contributed by atoms with Crippen molar-refractivity contribution < 1.29 is 14.3 Å². The molecule has 0 heterocycles. The number of para-hydroxylation sites is 1. The molecule has 3 N–H and O–H groups in total. The molecule has 154 valence electrons. The maximum Gasteiger partial charge on any atom is 0.261 e. The first-order valence-corrected chi connectivity index (χ1v) is 10.1. The van der Waals surface area contributed by atoms with Crippen molar-refractivity contribution in [3.8, 4) is 5.75 Å². The highest BCUT2D eigenvalue weighted by atomic mass is 32.1. The van der Waals surface area contributed by atoms with E-state index in [1.807, 2.05) is 6.07 Å². The molecule has 0 aliphatic carbocycles. The summed E-state index contributed by atoms with van der Waals surface area (Å²) in [7, 11) is 1.58. The maximum atomic E-state index is 12.6. The Morgan fingerprint density at radius 2 is 1.69 bits per heavy atom. The van der Waals surface area contributed by atoms with Crippen LogP contribution in [0.1, 0.15) is 53.3 Å². The van der Waals surface area contributed by atoms with Gasteiger partial charge in [0.25, 0.3) is 11.8 Å². The van der Waals surface area contributed by atoms with E-state index >= 15 is 0 Å². The average Bonchev–Trinajstić information content (AvgIpc) is 2.73. The minimum atomic E-state index is -0.339. The monoisotopic (exact) mass is 413 g/mol. The van der Waals surface area contributed by atoms with Gasteiger partial charge in [0, 0.05) is 18.3 Å². The molecule has 0 aliphatic heterocycles. The molecule has 0 spiro atoms. The smallest absolute Gasteiger partial charge is 0.261 e. The summed E-state index contributed by atoms with van der Waals surface area (Å²) in [5, 5.41) is 8.33. The summed E-state index contributed by atoms with van der Waals surface area (Å²) < 4.78 is 5.79. The standard InChI is InChI=1S/C22H27N3O3S/c1-3-4-5-8-15-28-19-10-7-6-9-18(19)21(27)25-22(29)24-17-13-11-16(12-14-17)20(26)23-2/h6-7,9-14H,3-5,8,15H2,1-2H3,(H,23,26)(H2,24,25,27,29). The predicted octanol–water partition coefficient (Wildman–Crippen LogP) is 4.13. The van der Waals surface area contributed by atoms with Crippen LogP contribution in [-0.4, -0.2) is 30.6 Å². The molecule has 0 bridgehead atoms. The molecule has 0 atom stereocenters. The van der Waals surface area contributed by atoms with Crippen LogP contribution in [-0.2, 0) is 0 Å². The van der Waals surface area contributed by atoms with Crippen molar-refractivity contribution in [2.75, 3.05) is 19.0 Å². The Bertz CT molecular complexity index is 837. The van der Waals surface area contributed by atoms with Crippen molar-refractivity contribution in [2.45, 2.75) is 32.6 Å². The van der Waals surface area contributed by atoms with Crippen molar-refractivity contribution in [1.82, 2.24) is 10.6 Å². The van der Waals surface area contributed by atoms with Gasteiger partial charge in [-0.2, -0.15) is 0 Å². The number of unbranched alkanes of at least 4 members (excludes halogenated alkanes) is 3. The second-order valence-electron chi connectivity index (χ2n) is 6.47. The van der Waals surface area contributed by atoms with E-state index in [9.17, 15) is 9.59 Å². The minimum absolute atomic E-state index is 0.167. The zero-order chi connectivity index (χ0) is 21.1. The number of hydrogen-bond donors (Lipinski definition) is 3. The molecule has 0 saturated heterocycles. The van der Waals surface area contributed by atoms with E-state index in [-0.39, 0.29) is 16.9 Å². The van der Waals surface area contributed by atoms with Crippen molar-refractivity contribution in [3.05, 3.63) is 59.7 Å². The van der Waals surface area contributed by atoms with Crippen LogP contribution < -0.4 is 20.7 Å². The Balaban J connectivity index is 1.92. The molecular formula is C22H27N3O3S. The lowest BCUT2D eigenvalue weighted by molar-refractivity contribution is 0.0958. The fourth-order valence-corrected chi connectivity index (χ4v) is 2.88. The number of rotatable bonds is 9. The molecule has 6 nitrogen and oxygen atoms in total. The lowest BCUT2D eigenvalue weighted by Crippen LogP contribution is -2.34. The highest BCUT2D eigenvalue weighted by molar-refractivity contribution is 7.80. The quantitative estimate of drug-likeness (QED) is 0.425. The molecule has 0 unspecified atom stereocenters. The highest BCUT2D eigenvalue weighted by Crippen LogP contribution is 2.18. The molecule has 0 aromatic heterocycles. The molecule has 0 saturated carbocycles. The van der Waals surface area contributed by atoms with Gasteiger partial charge in [-0.3, -0.25) is 14.9 Å². The van der Waals surface area contributed by atoms with Crippen molar-refractivity contribution in [1.29, 1.82) is 0 Å². The number of ether oxygens (including phenoxy) is 1. The Morgan fingerprint density at radius 3 is 2.38 bits per heavy atom. The Kier molecular flexibility index (Phi) is 9.11. The number of amides is 2. The van der Waals surface area contributed by atoms with Gasteiger partial charge in [0.05, 0.1) is 12.2 Å². The third kappa shape index (κ3) is 7.19. The summed E-state index contributed by atoms with van der Waals surface area (Å²) in [6.07, 6.45) is 4.40. The van der Waals surface area contributed by atoms with Crippen LogP contribution in [0, 0.1) is 0 Å². The van der Waals surface area contributed by atoms with Crippen LogP contribution in [0.5, 0.6) is 5.75 Å². The zero-order valence-corrected chi connectivity index (χ0v) is 17.6. The molecule has 0 fully saturated rings. The van der Waals surface area contributed by atoms with Crippen LogP contribution in [0.15, 0.2) is 48.5 Å². The van der Waals surface area contributed by atoms with E-state index < -0.39 is 0 Å². The first-order chi connectivity index (χ1) is 14.0. The van der Waals surface area contributed by atoms with Gasteiger partial charge in [0.2, 0.25) is 0 Å².